The summed E-state index contributed by atoms with van der Waals surface area (Å²) in [6.45, 7) is 3.33. The van der Waals surface area contributed by atoms with E-state index < -0.39 is 21.7 Å². The molecule has 2 saturated heterocycles. The van der Waals surface area contributed by atoms with Crippen LogP contribution in [0, 0.1) is 17.6 Å². The van der Waals surface area contributed by atoms with Crippen molar-refractivity contribution in [3.05, 3.63) is 70.1 Å². The minimum absolute atomic E-state index is 0.0547. The third-order valence-electron chi connectivity index (χ3n) is 8.15. The second-order valence-electron chi connectivity index (χ2n) is 10.5. The molecule has 0 aliphatic carbocycles. The molecule has 5 rings (SSSR count). The Bertz CT molecular complexity index is 1380. The maximum absolute atomic E-state index is 14.1. The number of H-pyrrole nitrogens is 1. The van der Waals surface area contributed by atoms with E-state index in [1.165, 1.54) is 22.7 Å². The van der Waals surface area contributed by atoms with Crippen LogP contribution in [0.1, 0.15) is 49.6 Å². The van der Waals surface area contributed by atoms with Crippen molar-refractivity contribution < 1.29 is 17.2 Å². The van der Waals surface area contributed by atoms with Crippen molar-refractivity contribution in [2.24, 2.45) is 5.92 Å². The first-order valence-corrected chi connectivity index (χ1v) is 14.9. The Morgan fingerprint density at radius 3 is 2.27 bits per heavy atom. The maximum atomic E-state index is 14.1. The molecule has 0 saturated carbocycles. The average Bonchev–Trinajstić information content (AvgIpc) is 3.19. The first-order valence-electron chi connectivity index (χ1n) is 13.0. The molecule has 0 radical (unpaired) electrons. The van der Waals surface area contributed by atoms with Crippen molar-refractivity contribution in [3.8, 4) is 0 Å². The number of para-hydroxylation sites is 2. The van der Waals surface area contributed by atoms with Gasteiger partial charge in [-0.3, -0.25) is 4.57 Å². The summed E-state index contributed by atoms with van der Waals surface area (Å²) in [7, 11) is -3.24. The lowest BCUT2D eigenvalue weighted by atomic mass is 9.78. The number of hydrogen-bond donors (Lipinski definition) is 1. The lowest BCUT2D eigenvalue weighted by Crippen LogP contribution is -2.40. The number of nitrogens with zero attached hydrogens (tertiary/aromatic N) is 3. The van der Waals surface area contributed by atoms with Crippen LogP contribution in [-0.2, 0) is 10.0 Å². The van der Waals surface area contributed by atoms with Gasteiger partial charge in [0.05, 0.1) is 17.3 Å². The summed E-state index contributed by atoms with van der Waals surface area (Å²) in [6.07, 6.45) is 5.01. The third kappa shape index (κ3) is 5.81. The van der Waals surface area contributed by atoms with Crippen LogP contribution < -0.4 is 5.69 Å². The Hall–Kier alpha value is -2.56. The van der Waals surface area contributed by atoms with E-state index in [1.807, 2.05) is 28.8 Å². The average molecular weight is 533 g/mol. The Morgan fingerprint density at radius 2 is 1.62 bits per heavy atom. The van der Waals surface area contributed by atoms with Crippen molar-refractivity contribution in [2.75, 3.05) is 39.0 Å². The molecule has 37 heavy (non-hydrogen) atoms. The van der Waals surface area contributed by atoms with E-state index in [1.54, 1.807) is 0 Å². The van der Waals surface area contributed by atoms with E-state index in [0.29, 0.717) is 31.5 Å². The molecule has 1 N–H and O–H groups in total. The molecule has 3 aromatic rings. The molecule has 10 heteroatoms. The van der Waals surface area contributed by atoms with Gasteiger partial charge in [0, 0.05) is 38.3 Å². The Kier molecular flexibility index (Phi) is 7.51. The summed E-state index contributed by atoms with van der Waals surface area (Å²) >= 11 is 0. The van der Waals surface area contributed by atoms with Crippen LogP contribution >= 0.6 is 0 Å². The number of sulfonamides is 1. The number of nitrogens with one attached hydrogen (secondary N) is 1. The number of fused-ring (bicyclic) bond motifs is 1. The quantitative estimate of drug-likeness (QED) is 0.497. The summed E-state index contributed by atoms with van der Waals surface area (Å²) in [4.78, 5) is 17.9. The van der Waals surface area contributed by atoms with Gasteiger partial charge in [-0.25, -0.2) is 26.3 Å². The van der Waals surface area contributed by atoms with Gasteiger partial charge in [-0.2, -0.15) is 0 Å². The van der Waals surface area contributed by atoms with Gasteiger partial charge in [-0.15, -0.1) is 0 Å². The number of aromatic amines is 1. The predicted octanol–water partition coefficient (Wildman–Crippen LogP) is 4.09. The number of piperidine rings is 2. The molecule has 0 amide bonds. The van der Waals surface area contributed by atoms with Gasteiger partial charge >= 0.3 is 5.69 Å². The molecule has 2 aliphatic heterocycles. The number of aromatic nitrogens is 2. The van der Waals surface area contributed by atoms with E-state index in [4.69, 9.17) is 0 Å². The van der Waals surface area contributed by atoms with E-state index in [2.05, 4.69) is 9.88 Å². The van der Waals surface area contributed by atoms with Gasteiger partial charge in [-0.1, -0.05) is 12.1 Å². The Morgan fingerprint density at radius 1 is 0.973 bits per heavy atom. The van der Waals surface area contributed by atoms with Crippen molar-refractivity contribution in [1.82, 2.24) is 18.8 Å². The highest BCUT2D eigenvalue weighted by Crippen LogP contribution is 2.37. The number of hydrogen-bond acceptors (Lipinski definition) is 4. The highest BCUT2D eigenvalue weighted by molar-refractivity contribution is 7.88. The minimum Gasteiger partial charge on any atom is -0.306 e. The predicted molar refractivity (Wildman–Crippen MR) is 140 cm³/mol. The lowest BCUT2D eigenvalue weighted by molar-refractivity contribution is 0.167. The van der Waals surface area contributed by atoms with E-state index in [9.17, 15) is 22.0 Å². The molecule has 2 aliphatic rings. The monoisotopic (exact) mass is 532 g/mol. The first kappa shape index (κ1) is 26.1. The summed E-state index contributed by atoms with van der Waals surface area (Å²) < 4.78 is 55.5. The molecule has 2 fully saturated rings. The van der Waals surface area contributed by atoms with Crippen LogP contribution in [0.2, 0.25) is 0 Å². The van der Waals surface area contributed by atoms with E-state index >= 15 is 0 Å². The second kappa shape index (κ2) is 10.7. The molecular formula is C27H34F2N4O3S. The topological polar surface area (TPSA) is 78.4 Å². The van der Waals surface area contributed by atoms with Crippen LogP contribution in [0.25, 0.3) is 11.0 Å². The minimum atomic E-state index is -3.24. The SMILES string of the molecule is CS(=O)(=O)N1CCC([C@@H](CCN2CCC(n3c(=O)[nH]c4ccccc43)CC2)c2cc(F)cc(F)c2)CC1. The van der Waals surface area contributed by atoms with Crippen LogP contribution in [0.4, 0.5) is 8.78 Å². The highest BCUT2D eigenvalue weighted by atomic mass is 32.2. The van der Waals surface area contributed by atoms with Crippen LogP contribution in [-0.4, -0.2) is 66.2 Å². The zero-order valence-electron chi connectivity index (χ0n) is 21.1. The largest absolute Gasteiger partial charge is 0.326 e. The van der Waals surface area contributed by atoms with Gasteiger partial charge in [0.15, 0.2) is 0 Å². The highest BCUT2D eigenvalue weighted by Gasteiger charge is 2.32. The van der Waals surface area contributed by atoms with Gasteiger partial charge in [0.25, 0.3) is 0 Å². The van der Waals surface area contributed by atoms with Crippen LogP contribution in [0.5, 0.6) is 0 Å². The fourth-order valence-corrected chi connectivity index (χ4v) is 7.11. The van der Waals surface area contributed by atoms with Crippen molar-refractivity contribution >= 4 is 21.1 Å². The fraction of sp³-hybridized carbons (Fsp3) is 0.519. The smallest absolute Gasteiger partial charge is 0.306 e. The molecule has 0 unspecified atom stereocenters. The van der Waals surface area contributed by atoms with E-state index in [-0.39, 0.29) is 23.6 Å². The van der Waals surface area contributed by atoms with Crippen molar-refractivity contribution in [1.29, 1.82) is 0 Å². The second-order valence-corrected chi connectivity index (χ2v) is 12.5. The molecule has 1 atom stereocenters. The third-order valence-corrected chi connectivity index (χ3v) is 9.46. The molecule has 200 valence electrons. The summed E-state index contributed by atoms with van der Waals surface area (Å²) in [5.41, 5.74) is 2.35. The number of likely N-dealkylation sites (tertiary alicyclic amines) is 1. The van der Waals surface area contributed by atoms with Crippen molar-refractivity contribution in [3.63, 3.8) is 0 Å². The number of benzene rings is 2. The van der Waals surface area contributed by atoms with Gasteiger partial charge in [0.2, 0.25) is 10.0 Å². The molecule has 1 aromatic heterocycles. The normalized spacial score (nSPS) is 20.0. The summed E-state index contributed by atoms with van der Waals surface area (Å²) in [5, 5.41) is 0. The van der Waals surface area contributed by atoms with E-state index in [0.717, 1.165) is 56.0 Å². The maximum Gasteiger partial charge on any atom is 0.326 e. The zero-order valence-corrected chi connectivity index (χ0v) is 21.9. The summed E-state index contributed by atoms with van der Waals surface area (Å²) in [5.74, 6) is -1.07. The Labute approximate surface area is 216 Å². The van der Waals surface area contributed by atoms with Gasteiger partial charge < -0.3 is 9.88 Å². The molecule has 3 heterocycles. The Balaban J connectivity index is 1.25. The number of halogens is 2. The van der Waals surface area contributed by atoms with Crippen LogP contribution in [0.15, 0.2) is 47.3 Å². The molecule has 0 bridgehead atoms. The number of rotatable bonds is 7. The molecule has 0 spiro atoms. The van der Waals surface area contributed by atoms with Crippen LogP contribution in [0.3, 0.4) is 0 Å². The standard InChI is InChI=1S/C27H34F2N4O3S/c1-37(35,36)32-14-6-19(7-15-32)24(20-16-21(28)18-22(29)17-20)10-13-31-11-8-23(9-12-31)33-26-5-3-2-4-25(26)30-27(33)34/h2-5,16-19,23-24H,6-15H2,1H3,(H,30,34)/t24-/m1/s1. The fourth-order valence-electron chi connectivity index (χ4n) is 6.23. The zero-order chi connectivity index (χ0) is 26.2. The molecular weight excluding hydrogens is 498 g/mol. The first-order chi connectivity index (χ1) is 17.7. The summed E-state index contributed by atoms with van der Waals surface area (Å²) in [6, 6.07) is 11.6. The number of imidazole rings is 1. The van der Waals surface area contributed by atoms with Crippen molar-refractivity contribution in [2.45, 2.75) is 44.1 Å². The van der Waals surface area contributed by atoms with Gasteiger partial charge in [0.1, 0.15) is 11.6 Å². The van der Waals surface area contributed by atoms with Gasteiger partial charge in [-0.05, 0) is 80.3 Å². The molecule has 2 aromatic carbocycles. The molecule has 7 nitrogen and oxygen atoms in total. The lowest BCUT2D eigenvalue weighted by Gasteiger charge is -2.37.